The summed E-state index contributed by atoms with van der Waals surface area (Å²) in [5.74, 6) is 1.13. The lowest BCUT2D eigenvalue weighted by Gasteiger charge is -2.30. The van der Waals surface area contributed by atoms with Crippen LogP contribution >= 0.6 is 0 Å². The van der Waals surface area contributed by atoms with Crippen molar-refractivity contribution in [2.45, 2.75) is 26.3 Å². The van der Waals surface area contributed by atoms with Crippen molar-refractivity contribution in [2.75, 3.05) is 32.1 Å². The van der Waals surface area contributed by atoms with Gasteiger partial charge in [-0.3, -0.25) is 9.69 Å². The van der Waals surface area contributed by atoms with E-state index in [0.29, 0.717) is 42.7 Å². The van der Waals surface area contributed by atoms with Crippen molar-refractivity contribution in [3.05, 3.63) is 60.0 Å². The molecule has 0 radical (unpaired) electrons. The quantitative estimate of drug-likeness (QED) is 0.502. The second-order valence-corrected chi connectivity index (χ2v) is 8.11. The fourth-order valence-corrected chi connectivity index (χ4v) is 3.96. The van der Waals surface area contributed by atoms with Gasteiger partial charge in [-0.25, -0.2) is 4.79 Å². The van der Waals surface area contributed by atoms with E-state index < -0.39 is 5.97 Å². The summed E-state index contributed by atoms with van der Waals surface area (Å²) in [6.45, 7) is 3.97. The molecule has 2 aromatic carbocycles. The monoisotopic (exact) mass is 464 g/mol. The van der Waals surface area contributed by atoms with Gasteiger partial charge in [-0.05, 0) is 68.8 Å². The van der Waals surface area contributed by atoms with Gasteiger partial charge in [0.25, 0.3) is 0 Å². The number of anilines is 1. The van der Waals surface area contributed by atoms with Gasteiger partial charge in [0.2, 0.25) is 17.6 Å². The van der Waals surface area contributed by atoms with E-state index in [1.807, 2.05) is 24.3 Å². The van der Waals surface area contributed by atoms with Crippen LogP contribution < -0.4 is 10.1 Å². The number of ether oxygens (including phenoxy) is 2. The summed E-state index contributed by atoms with van der Waals surface area (Å²) in [5.41, 5.74) is 1.83. The Morgan fingerprint density at radius 2 is 2.03 bits per heavy atom. The van der Waals surface area contributed by atoms with Crippen LogP contribution in [0.3, 0.4) is 0 Å². The van der Waals surface area contributed by atoms with E-state index in [2.05, 4.69) is 20.4 Å². The highest BCUT2D eigenvalue weighted by Gasteiger charge is 2.27. The summed E-state index contributed by atoms with van der Waals surface area (Å²) in [6, 6.07) is 14.3. The lowest BCUT2D eigenvalue weighted by atomic mass is 9.97. The molecule has 1 N–H and O–H groups in total. The molecule has 0 bridgehead atoms. The predicted octanol–water partition coefficient (Wildman–Crippen LogP) is 3.77. The Balaban J connectivity index is 1.34. The van der Waals surface area contributed by atoms with Crippen molar-refractivity contribution in [1.29, 1.82) is 0 Å². The van der Waals surface area contributed by atoms with Crippen molar-refractivity contribution in [2.24, 2.45) is 5.92 Å². The van der Waals surface area contributed by atoms with Crippen LogP contribution in [-0.4, -0.2) is 53.7 Å². The molecule has 1 fully saturated rings. The van der Waals surface area contributed by atoms with Gasteiger partial charge in [0.05, 0.1) is 31.7 Å². The SMILES string of the molecule is CCOC(=O)c1cccc(NC(=O)C2CCCN(Cc3nc(-c4ccc(OC)cc4)no3)C2)c1. The maximum atomic E-state index is 12.9. The van der Waals surface area contributed by atoms with E-state index in [0.717, 1.165) is 30.7 Å². The smallest absolute Gasteiger partial charge is 0.338 e. The Labute approximate surface area is 198 Å². The molecule has 4 rings (SSSR count). The first-order valence-electron chi connectivity index (χ1n) is 11.3. The third-order valence-electron chi connectivity index (χ3n) is 5.69. The minimum absolute atomic E-state index is 0.0739. The number of nitrogens with zero attached hydrogens (tertiary/aromatic N) is 3. The molecule has 178 valence electrons. The largest absolute Gasteiger partial charge is 0.497 e. The van der Waals surface area contributed by atoms with Gasteiger partial charge in [0.1, 0.15) is 5.75 Å². The molecule has 0 saturated carbocycles. The Morgan fingerprint density at radius 3 is 2.79 bits per heavy atom. The molecule has 1 unspecified atom stereocenters. The van der Waals surface area contributed by atoms with Gasteiger partial charge in [0, 0.05) is 17.8 Å². The van der Waals surface area contributed by atoms with Crippen LogP contribution in [-0.2, 0) is 16.1 Å². The number of piperidine rings is 1. The van der Waals surface area contributed by atoms with E-state index in [9.17, 15) is 9.59 Å². The molecule has 1 atom stereocenters. The highest BCUT2D eigenvalue weighted by molar-refractivity contribution is 5.95. The number of benzene rings is 2. The van der Waals surface area contributed by atoms with Gasteiger partial charge < -0.3 is 19.3 Å². The zero-order valence-electron chi connectivity index (χ0n) is 19.3. The number of esters is 1. The molecule has 1 amide bonds. The van der Waals surface area contributed by atoms with Crippen LogP contribution in [0.2, 0.25) is 0 Å². The van der Waals surface area contributed by atoms with E-state index in [1.165, 1.54) is 0 Å². The number of carbonyl (C=O) groups excluding carboxylic acids is 2. The Morgan fingerprint density at radius 1 is 1.21 bits per heavy atom. The zero-order chi connectivity index (χ0) is 23.9. The first kappa shape index (κ1) is 23.4. The second kappa shape index (κ2) is 10.9. The number of hydrogen-bond acceptors (Lipinski definition) is 8. The van der Waals surface area contributed by atoms with Crippen LogP contribution in [0.15, 0.2) is 53.1 Å². The second-order valence-electron chi connectivity index (χ2n) is 8.11. The van der Waals surface area contributed by atoms with E-state index in [-0.39, 0.29) is 11.8 Å². The van der Waals surface area contributed by atoms with Crippen LogP contribution in [0.25, 0.3) is 11.4 Å². The molecule has 34 heavy (non-hydrogen) atoms. The van der Waals surface area contributed by atoms with Gasteiger partial charge >= 0.3 is 5.97 Å². The number of methoxy groups -OCH3 is 1. The summed E-state index contributed by atoms with van der Waals surface area (Å²) in [4.78, 5) is 31.5. The number of aromatic nitrogens is 2. The van der Waals surface area contributed by atoms with Crippen LogP contribution in [0.1, 0.15) is 36.0 Å². The van der Waals surface area contributed by atoms with Crippen molar-refractivity contribution >= 4 is 17.6 Å². The van der Waals surface area contributed by atoms with Crippen LogP contribution in [0, 0.1) is 5.92 Å². The Hall–Kier alpha value is -3.72. The van der Waals surface area contributed by atoms with E-state index in [1.54, 1.807) is 38.3 Å². The maximum absolute atomic E-state index is 12.9. The Bertz CT molecular complexity index is 1130. The van der Waals surface area contributed by atoms with E-state index in [4.69, 9.17) is 14.0 Å². The number of carbonyl (C=O) groups is 2. The molecule has 1 saturated heterocycles. The Kier molecular flexibility index (Phi) is 7.54. The molecular formula is C25H28N4O5. The van der Waals surface area contributed by atoms with Crippen molar-refractivity contribution < 1.29 is 23.6 Å². The summed E-state index contributed by atoms with van der Waals surface area (Å²) < 4.78 is 15.7. The average Bonchev–Trinajstić information content (AvgIpc) is 3.33. The molecule has 9 heteroatoms. The van der Waals surface area contributed by atoms with Gasteiger partial charge in [-0.1, -0.05) is 11.2 Å². The van der Waals surface area contributed by atoms with Crippen LogP contribution in [0.4, 0.5) is 5.69 Å². The minimum Gasteiger partial charge on any atom is -0.497 e. The van der Waals surface area contributed by atoms with Gasteiger partial charge in [0.15, 0.2) is 0 Å². The highest BCUT2D eigenvalue weighted by atomic mass is 16.5. The summed E-state index contributed by atoms with van der Waals surface area (Å²) in [6.07, 6.45) is 1.68. The average molecular weight is 465 g/mol. The molecule has 0 aliphatic carbocycles. The van der Waals surface area contributed by atoms with Gasteiger partial charge in [-0.15, -0.1) is 0 Å². The first-order valence-corrected chi connectivity index (χ1v) is 11.3. The van der Waals surface area contributed by atoms with Crippen molar-refractivity contribution in [3.8, 4) is 17.1 Å². The summed E-state index contributed by atoms with van der Waals surface area (Å²) in [7, 11) is 1.62. The number of amides is 1. The number of likely N-dealkylation sites (tertiary alicyclic amines) is 1. The molecule has 1 aliphatic rings. The topological polar surface area (TPSA) is 107 Å². The summed E-state index contributed by atoms with van der Waals surface area (Å²) >= 11 is 0. The fourth-order valence-electron chi connectivity index (χ4n) is 3.96. The first-order chi connectivity index (χ1) is 16.6. The maximum Gasteiger partial charge on any atom is 0.338 e. The third-order valence-corrected chi connectivity index (χ3v) is 5.69. The molecule has 9 nitrogen and oxygen atoms in total. The third kappa shape index (κ3) is 5.79. The van der Waals surface area contributed by atoms with Crippen molar-refractivity contribution in [1.82, 2.24) is 15.0 Å². The number of nitrogens with one attached hydrogen (secondary N) is 1. The summed E-state index contributed by atoms with van der Waals surface area (Å²) in [5, 5.41) is 7.02. The normalized spacial score (nSPS) is 16.1. The number of rotatable bonds is 8. The van der Waals surface area contributed by atoms with Crippen LogP contribution in [0.5, 0.6) is 5.75 Å². The zero-order valence-corrected chi connectivity index (χ0v) is 19.3. The molecule has 1 aromatic heterocycles. The van der Waals surface area contributed by atoms with Crippen molar-refractivity contribution in [3.63, 3.8) is 0 Å². The molecule has 3 aromatic rings. The predicted molar refractivity (Wildman–Crippen MR) is 125 cm³/mol. The molecular weight excluding hydrogens is 436 g/mol. The fraction of sp³-hybridized carbons (Fsp3) is 0.360. The van der Waals surface area contributed by atoms with Gasteiger partial charge in [-0.2, -0.15) is 4.98 Å². The molecule has 2 heterocycles. The highest BCUT2D eigenvalue weighted by Crippen LogP contribution is 2.23. The lowest BCUT2D eigenvalue weighted by molar-refractivity contribution is -0.121. The van der Waals surface area contributed by atoms with E-state index >= 15 is 0 Å². The molecule has 0 spiro atoms. The lowest BCUT2D eigenvalue weighted by Crippen LogP contribution is -2.40. The molecule has 1 aliphatic heterocycles. The standard InChI is InChI=1S/C25H28N4O5/c1-3-33-25(31)18-6-4-8-20(14-18)26-24(30)19-7-5-13-29(15-19)16-22-27-23(28-34-22)17-9-11-21(32-2)12-10-17/h4,6,8-12,14,19H,3,5,7,13,15-16H2,1-2H3,(H,26,30). The minimum atomic E-state index is -0.406. The number of hydrogen-bond donors (Lipinski definition) is 1.